The van der Waals surface area contributed by atoms with E-state index >= 15 is 0 Å². The fourth-order valence-electron chi connectivity index (χ4n) is 3.41. The normalized spacial score (nSPS) is 13.9. The Labute approximate surface area is 182 Å². The van der Waals surface area contributed by atoms with E-state index in [1.807, 2.05) is 25.1 Å². The second-order valence-corrected chi connectivity index (χ2v) is 8.27. The van der Waals surface area contributed by atoms with Crippen LogP contribution in [0.1, 0.15) is 60.4 Å². The predicted octanol–water partition coefficient (Wildman–Crippen LogP) is 4.50. The Morgan fingerprint density at radius 1 is 0.968 bits per heavy atom. The van der Waals surface area contributed by atoms with Crippen LogP contribution in [0.25, 0.3) is 5.57 Å². The third-order valence-corrected chi connectivity index (χ3v) is 4.83. The van der Waals surface area contributed by atoms with Crippen molar-refractivity contribution in [3.63, 3.8) is 0 Å². The van der Waals surface area contributed by atoms with Gasteiger partial charge >= 0.3 is 5.97 Å². The summed E-state index contributed by atoms with van der Waals surface area (Å²) >= 11 is 0. The molecule has 1 heterocycles. The highest BCUT2D eigenvalue weighted by Gasteiger charge is 2.34. The SMILES string of the molecule is C/C=C(/CCN1C(=O)c2ccccc2C1=O)c1ccc(OCC(=O)OC(C)(C)C)cc1. The van der Waals surface area contributed by atoms with Crippen molar-refractivity contribution in [2.45, 2.75) is 39.7 Å². The molecule has 31 heavy (non-hydrogen) atoms. The fourth-order valence-corrected chi connectivity index (χ4v) is 3.41. The van der Waals surface area contributed by atoms with E-state index in [1.165, 1.54) is 4.90 Å². The Balaban J connectivity index is 1.58. The van der Waals surface area contributed by atoms with Gasteiger partial charge in [0.05, 0.1) is 11.1 Å². The van der Waals surface area contributed by atoms with E-state index in [2.05, 4.69) is 0 Å². The Bertz CT molecular complexity index is 980. The second kappa shape index (κ2) is 9.16. The number of carbonyl (C=O) groups excluding carboxylic acids is 3. The largest absolute Gasteiger partial charge is 0.482 e. The van der Waals surface area contributed by atoms with Crippen LogP contribution in [0.15, 0.2) is 54.6 Å². The van der Waals surface area contributed by atoms with Gasteiger partial charge in [0.1, 0.15) is 11.4 Å². The maximum Gasteiger partial charge on any atom is 0.344 e. The van der Waals surface area contributed by atoms with Crippen molar-refractivity contribution in [1.82, 2.24) is 4.90 Å². The van der Waals surface area contributed by atoms with Crippen molar-refractivity contribution in [2.24, 2.45) is 0 Å². The van der Waals surface area contributed by atoms with Crippen molar-refractivity contribution in [2.75, 3.05) is 13.2 Å². The molecule has 1 aliphatic rings. The number of fused-ring (bicyclic) bond motifs is 1. The van der Waals surface area contributed by atoms with Gasteiger partial charge in [0.25, 0.3) is 11.8 Å². The van der Waals surface area contributed by atoms with Crippen LogP contribution in [-0.2, 0) is 9.53 Å². The van der Waals surface area contributed by atoms with Gasteiger partial charge in [0, 0.05) is 6.54 Å². The van der Waals surface area contributed by atoms with E-state index in [1.54, 1.807) is 57.2 Å². The molecule has 0 bridgehead atoms. The van der Waals surface area contributed by atoms with Gasteiger partial charge in [-0.05, 0) is 69.5 Å². The van der Waals surface area contributed by atoms with Gasteiger partial charge in [-0.15, -0.1) is 0 Å². The maximum atomic E-state index is 12.5. The smallest absolute Gasteiger partial charge is 0.344 e. The number of carbonyl (C=O) groups is 3. The quantitative estimate of drug-likeness (QED) is 0.486. The zero-order valence-corrected chi connectivity index (χ0v) is 18.3. The third kappa shape index (κ3) is 5.40. The van der Waals surface area contributed by atoms with Crippen LogP contribution in [-0.4, -0.2) is 41.4 Å². The number of imide groups is 1. The average Bonchev–Trinajstić information content (AvgIpc) is 2.97. The summed E-state index contributed by atoms with van der Waals surface area (Å²) in [4.78, 5) is 38.1. The summed E-state index contributed by atoms with van der Waals surface area (Å²) in [6, 6.07) is 14.2. The van der Waals surface area contributed by atoms with E-state index in [-0.39, 0.29) is 18.4 Å². The lowest BCUT2D eigenvalue weighted by Gasteiger charge is -2.19. The molecule has 0 fully saturated rings. The predicted molar refractivity (Wildman–Crippen MR) is 118 cm³/mol. The van der Waals surface area contributed by atoms with E-state index in [9.17, 15) is 14.4 Å². The summed E-state index contributed by atoms with van der Waals surface area (Å²) in [6.45, 7) is 7.49. The zero-order chi connectivity index (χ0) is 22.6. The summed E-state index contributed by atoms with van der Waals surface area (Å²) in [5.41, 5.74) is 2.34. The molecule has 0 saturated carbocycles. The molecule has 0 aromatic heterocycles. The Morgan fingerprint density at radius 3 is 2.06 bits per heavy atom. The minimum absolute atomic E-state index is 0.160. The number of esters is 1. The molecule has 6 heteroatoms. The topological polar surface area (TPSA) is 72.9 Å². The molecule has 0 N–H and O–H groups in total. The van der Waals surface area contributed by atoms with Crippen LogP contribution in [0.5, 0.6) is 5.75 Å². The first-order chi connectivity index (χ1) is 14.7. The molecule has 0 radical (unpaired) electrons. The first-order valence-electron chi connectivity index (χ1n) is 10.2. The molecule has 2 amide bonds. The Hall–Kier alpha value is -3.41. The van der Waals surface area contributed by atoms with Gasteiger partial charge < -0.3 is 9.47 Å². The zero-order valence-electron chi connectivity index (χ0n) is 18.3. The number of allylic oxidation sites excluding steroid dienone is 1. The second-order valence-electron chi connectivity index (χ2n) is 8.27. The van der Waals surface area contributed by atoms with Gasteiger partial charge in [0.15, 0.2) is 6.61 Å². The highest BCUT2D eigenvalue weighted by atomic mass is 16.6. The number of hydrogen-bond donors (Lipinski definition) is 0. The molecule has 6 nitrogen and oxygen atoms in total. The van der Waals surface area contributed by atoms with Gasteiger partial charge in [-0.2, -0.15) is 0 Å². The lowest BCUT2D eigenvalue weighted by atomic mass is 10.0. The standard InChI is InChI=1S/C25H27NO5/c1-5-17(14-15-26-23(28)20-8-6-7-9-21(20)24(26)29)18-10-12-19(13-11-18)30-16-22(27)31-25(2,3)4/h5-13H,14-16H2,1-4H3/b17-5-. The monoisotopic (exact) mass is 421 g/mol. The van der Waals surface area contributed by atoms with E-state index in [0.29, 0.717) is 29.8 Å². The summed E-state index contributed by atoms with van der Waals surface area (Å²) in [6.07, 6.45) is 2.51. The van der Waals surface area contributed by atoms with Gasteiger partial charge in [-0.25, -0.2) is 4.79 Å². The number of nitrogens with zero attached hydrogens (tertiary/aromatic N) is 1. The summed E-state index contributed by atoms with van der Waals surface area (Å²) in [5, 5.41) is 0. The third-order valence-electron chi connectivity index (χ3n) is 4.83. The van der Waals surface area contributed by atoms with Crippen LogP contribution in [0.3, 0.4) is 0 Å². The number of ether oxygens (including phenoxy) is 2. The molecule has 0 unspecified atom stereocenters. The van der Waals surface area contributed by atoms with E-state index in [0.717, 1.165) is 11.1 Å². The first kappa shape index (κ1) is 22.3. The summed E-state index contributed by atoms with van der Waals surface area (Å²) in [5.74, 6) is -0.360. The molecule has 0 spiro atoms. The lowest BCUT2D eigenvalue weighted by molar-refractivity contribution is -0.157. The molecular formula is C25H27NO5. The molecule has 0 saturated heterocycles. The van der Waals surface area contributed by atoms with Crippen LogP contribution < -0.4 is 4.74 Å². The van der Waals surface area contributed by atoms with Crippen molar-refractivity contribution >= 4 is 23.4 Å². The molecule has 162 valence electrons. The maximum absolute atomic E-state index is 12.5. The van der Waals surface area contributed by atoms with Gasteiger partial charge in [-0.3, -0.25) is 14.5 Å². The van der Waals surface area contributed by atoms with Crippen molar-refractivity contribution in [3.8, 4) is 5.75 Å². The van der Waals surface area contributed by atoms with Crippen molar-refractivity contribution < 1.29 is 23.9 Å². The number of hydrogen-bond acceptors (Lipinski definition) is 5. The number of amides is 2. The molecule has 2 aromatic carbocycles. The highest BCUT2D eigenvalue weighted by molar-refractivity contribution is 6.21. The Morgan fingerprint density at radius 2 is 1.55 bits per heavy atom. The minimum Gasteiger partial charge on any atom is -0.482 e. The molecule has 1 aliphatic heterocycles. The van der Waals surface area contributed by atoms with E-state index in [4.69, 9.17) is 9.47 Å². The lowest BCUT2D eigenvalue weighted by Crippen LogP contribution is -2.30. The van der Waals surface area contributed by atoms with Crippen molar-refractivity contribution in [1.29, 1.82) is 0 Å². The Kier molecular flexibility index (Phi) is 6.59. The fraction of sp³-hybridized carbons (Fsp3) is 0.320. The molecular weight excluding hydrogens is 394 g/mol. The molecule has 2 aromatic rings. The minimum atomic E-state index is -0.551. The molecule has 0 aliphatic carbocycles. The first-order valence-corrected chi connectivity index (χ1v) is 10.2. The molecule has 3 rings (SSSR count). The van der Waals surface area contributed by atoms with Crippen LogP contribution in [0.2, 0.25) is 0 Å². The van der Waals surface area contributed by atoms with Gasteiger partial charge in [-0.1, -0.05) is 30.3 Å². The average molecular weight is 421 g/mol. The van der Waals surface area contributed by atoms with Gasteiger partial charge in [0.2, 0.25) is 0 Å². The van der Waals surface area contributed by atoms with E-state index < -0.39 is 11.6 Å². The summed E-state index contributed by atoms with van der Waals surface area (Å²) in [7, 11) is 0. The number of rotatable bonds is 7. The van der Waals surface area contributed by atoms with Crippen molar-refractivity contribution in [3.05, 3.63) is 71.3 Å². The van der Waals surface area contributed by atoms with Crippen LogP contribution in [0, 0.1) is 0 Å². The highest BCUT2D eigenvalue weighted by Crippen LogP contribution is 2.26. The van der Waals surface area contributed by atoms with Crippen LogP contribution >= 0.6 is 0 Å². The summed E-state index contributed by atoms with van der Waals surface area (Å²) < 4.78 is 10.7. The number of benzene rings is 2. The molecule has 0 atom stereocenters. The van der Waals surface area contributed by atoms with Crippen LogP contribution in [0.4, 0.5) is 0 Å².